The molecule has 0 spiro atoms. The minimum Gasteiger partial charge on any atom is -0.393 e. The molecule has 0 amide bonds. The molecular formula is C12H17NO3S. The summed E-state index contributed by atoms with van der Waals surface area (Å²) in [5.41, 5.74) is 0.793. The molecule has 0 aliphatic heterocycles. The lowest BCUT2D eigenvalue weighted by Crippen LogP contribution is -2.20. The van der Waals surface area contributed by atoms with Gasteiger partial charge in [0.25, 0.3) is 0 Å². The van der Waals surface area contributed by atoms with E-state index in [4.69, 9.17) is 5.14 Å². The number of hydrogen-bond donors (Lipinski definition) is 2. The van der Waals surface area contributed by atoms with Gasteiger partial charge in [0, 0.05) is 0 Å². The molecule has 0 atom stereocenters. The van der Waals surface area contributed by atoms with Crippen LogP contribution in [-0.2, 0) is 10.0 Å². The summed E-state index contributed by atoms with van der Waals surface area (Å²) in [6, 6.07) is 6.88. The van der Waals surface area contributed by atoms with E-state index in [1.165, 1.54) is 0 Å². The van der Waals surface area contributed by atoms with Crippen molar-refractivity contribution in [3.8, 4) is 0 Å². The quantitative estimate of drug-likeness (QED) is 0.837. The van der Waals surface area contributed by atoms with Gasteiger partial charge < -0.3 is 5.11 Å². The Morgan fingerprint density at radius 2 is 1.71 bits per heavy atom. The van der Waals surface area contributed by atoms with E-state index in [0.29, 0.717) is 0 Å². The Kier molecular flexibility index (Phi) is 3.51. The SMILES string of the molecule is NS(=O)(=O)c1ccccc1[C@H]1CC[C@H](O)CC1. The van der Waals surface area contributed by atoms with E-state index >= 15 is 0 Å². The molecule has 0 heterocycles. The second-order valence-corrected chi connectivity index (χ2v) is 6.12. The number of hydrogen-bond acceptors (Lipinski definition) is 3. The Balaban J connectivity index is 2.33. The molecule has 1 saturated carbocycles. The average molecular weight is 255 g/mol. The van der Waals surface area contributed by atoms with Gasteiger partial charge in [-0.3, -0.25) is 0 Å². The molecule has 1 aliphatic rings. The molecule has 17 heavy (non-hydrogen) atoms. The van der Waals surface area contributed by atoms with Gasteiger partial charge in [-0.15, -0.1) is 0 Å². The molecule has 1 fully saturated rings. The fraction of sp³-hybridized carbons (Fsp3) is 0.500. The molecule has 1 aromatic rings. The van der Waals surface area contributed by atoms with Crippen molar-refractivity contribution in [2.45, 2.75) is 42.6 Å². The summed E-state index contributed by atoms with van der Waals surface area (Å²) in [7, 11) is -3.66. The van der Waals surface area contributed by atoms with Gasteiger partial charge in [0.15, 0.2) is 0 Å². The van der Waals surface area contributed by atoms with Gasteiger partial charge in [0.1, 0.15) is 0 Å². The highest BCUT2D eigenvalue weighted by Crippen LogP contribution is 2.35. The molecule has 0 unspecified atom stereocenters. The van der Waals surface area contributed by atoms with Crippen LogP contribution in [0.5, 0.6) is 0 Å². The zero-order valence-electron chi connectivity index (χ0n) is 9.54. The van der Waals surface area contributed by atoms with Crippen molar-refractivity contribution >= 4 is 10.0 Å². The molecule has 5 heteroatoms. The first-order valence-corrected chi connectivity index (χ1v) is 7.33. The van der Waals surface area contributed by atoms with E-state index < -0.39 is 10.0 Å². The van der Waals surface area contributed by atoms with Crippen molar-refractivity contribution in [1.29, 1.82) is 0 Å². The maximum Gasteiger partial charge on any atom is 0.238 e. The Bertz CT molecular complexity index is 490. The fourth-order valence-corrected chi connectivity index (χ4v) is 3.30. The summed E-state index contributed by atoms with van der Waals surface area (Å²) in [5, 5.41) is 14.7. The summed E-state index contributed by atoms with van der Waals surface area (Å²) < 4.78 is 23.0. The van der Waals surface area contributed by atoms with E-state index in [0.717, 1.165) is 31.2 Å². The van der Waals surface area contributed by atoms with Crippen molar-refractivity contribution in [3.63, 3.8) is 0 Å². The van der Waals surface area contributed by atoms with Crippen LogP contribution in [0, 0.1) is 0 Å². The third-order valence-electron chi connectivity index (χ3n) is 3.36. The third kappa shape index (κ3) is 2.86. The van der Waals surface area contributed by atoms with E-state index in [-0.39, 0.29) is 16.9 Å². The number of aliphatic hydroxyl groups excluding tert-OH is 1. The van der Waals surface area contributed by atoms with Crippen molar-refractivity contribution in [2.24, 2.45) is 5.14 Å². The first-order chi connectivity index (χ1) is 7.98. The second kappa shape index (κ2) is 4.76. The van der Waals surface area contributed by atoms with Crippen LogP contribution in [0.2, 0.25) is 0 Å². The lowest BCUT2D eigenvalue weighted by Gasteiger charge is -2.26. The predicted octanol–water partition coefficient (Wildman–Crippen LogP) is 1.35. The van der Waals surface area contributed by atoms with Gasteiger partial charge in [0.05, 0.1) is 11.0 Å². The zero-order chi connectivity index (χ0) is 12.5. The monoisotopic (exact) mass is 255 g/mol. The van der Waals surface area contributed by atoms with Crippen LogP contribution in [0.25, 0.3) is 0 Å². The van der Waals surface area contributed by atoms with Crippen LogP contribution in [0.15, 0.2) is 29.2 Å². The highest BCUT2D eigenvalue weighted by Gasteiger charge is 2.25. The normalized spacial score (nSPS) is 25.8. The zero-order valence-corrected chi connectivity index (χ0v) is 10.4. The molecule has 2 rings (SSSR count). The number of nitrogens with two attached hydrogens (primary N) is 1. The second-order valence-electron chi connectivity index (χ2n) is 4.59. The lowest BCUT2D eigenvalue weighted by molar-refractivity contribution is 0.122. The maximum absolute atomic E-state index is 11.5. The van der Waals surface area contributed by atoms with Crippen LogP contribution in [-0.4, -0.2) is 19.6 Å². The van der Waals surface area contributed by atoms with Crippen molar-refractivity contribution in [2.75, 3.05) is 0 Å². The Labute approximate surface area is 102 Å². The Morgan fingerprint density at radius 1 is 1.12 bits per heavy atom. The fourth-order valence-electron chi connectivity index (χ4n) is 2.46. The standard InChI is InChI=1S/C12H17NO3S/c13-17(15,16)12-4-2-1-3-11(12)9-5-7-10(14)8-6-9/h1-4,9-10,14H,5-8H2,(H2,13,15,16)/t9-,10-. The van der Waals surface area contributed by atoms with E-state index in [1.807, 2.05) is 12.1 Å². The molecular weight excluding hydrogens is 238 g/mol. The van der Waals surface area contributed by atoms with Gasteiger partial charge in [-0.05, 0) is 43.2 Å². The first kappa shape index (κ1) is 12.5. The number of rotatable bonds is 2. The maximum atomic E-state index is 11.5. The highest BCUT2D eigenvalue weighted by atomic mass is 32.2. The lowest BCUT2D eigenvalue weighted by atomic mass is 9.83. The molecule has 1 aliphatic carbocycles. The van der Waals surface area contributed by atoms with E-state index in [1.54, 1.807) is 12.1 Å². The van der Waals surface area contributed by atoms with Crippen LogP contribution in [0.1, 0.15) is 37.2 Å². The number of sulfonamides is 1. The summed E-state index contributed by atoms with van der Waals surface area (Å²) in [5.74, 6) is 0.188. The van der Waals surface area contributed by atoms with Gasteiger partial charge in [-0.1, -0.05) is 18.2 Å². The molecule has 0 bridgehead atoms. The van der Waals surface area contributed by atoms with E-state index in [2.05, 4.69) is 0 Å². The summed E-state index contributed by atoms with van der Waals surface area (Å²) in [6.45, 7) is 0. The highest BCUT2D eigenvalue weighted by molar-refractivity contribution is 7.89. The van der Waals surface area contributed by atoms with Gasteiger partial charge in [-0.2, -0.15) is 0 Å². The summed E-state index contributed by atoms with van der Waals surface area (Å²) in [4.78, 5) is 0.224. The Morgan fingerprint density at radius 3 is 2.29 bits per heavy atom. The van der Waals surface area contributed by atoms with Crippen LogP contribution in [0.3, 0.4) is 0 Å². The van der Waals surface area contributed by atoms with Crippen LogP contribution >= 0.6 is 0 Å². The molecule has 3 N–H and O–H groups in total. The molecule has 0 radical (unpaired) electrons. The minimum atomic E-state index is -3.66. The number of benzene rings is 1. The van der Waals surface area contributed by atoms with Crippen LogP contribution < -0.4 is 5.14 Å². The largest absolute Gasteiger partial charge is 0.393 e. The third-order valence-corrected chi connectivity index (χ3v) is 4.35. The summed E-state index contributed by atoms with van der Waals surface area (Å²) >= 11 is 0. The van der Waals surface area contributed by atoms with Crippen molar-refractivity contribution < 1.29 is 13.5 Å². The number of primary sulfonamides is 1. The molecule has 4 nitrogen and oxygen atoms in total. The Hall–Kier alpha value is -0.910. The molecule has 94 valence electrons. The van der Waals surface area contributed by atoms with Gasteiger partial charge in [0.2, 0.25) is 10.0 Å². The predicted molar refractivity (Wildman–Crippen MR) is 65.0 cm³/mol. The molecule has 0 aromatic heterocycles. The van der Waals surface area contributed by atoms with Crippen molar-refractivity contribution in [3.05, 3.63) is 29.8 Å². The first-order valence-electron chi connectivity index (χ1n) is 5.78. The van der Waals surface area contributed by atoms with E-state index in [9.17, 15) is 13.5 Å². The molecule has 1 aromatic carbocycles. The topological polar surface area (TPSA) is 80.4 Å². The molecule has 0 saturated heterocycles. The van der Waals surface area contributed by atoms with Gasteiger partial charge in [-0.25, -0.2) is 13.6 Å². The van der Waals surface area contributed by atoms with Crippen LogP contribution in [0.4, 0.5) is 0 Å². The van der Waals surface area contributed by atoms with Crippen molar-refractivity contribution in [1.82, 2.24) is 0 Å². The smallest absolute Gasteiger partial charge is 0.238 e. The van der Waals surface area contributed by atoms with Gasteiger partial charge >= 0.3 is 0 Å². The summed E-state index contributed by atoms with van der Waals surface area (Å²) in [6.07, 6.45) is 2.84. The average Bonchev–Trinajstić information content (AvgIpc) is 2.29. The number of aliphatic hydroxyl groups is 1. The minimum absolute atomic E-state index is 0.188.